The highest BCUT2D eigenvalue weighted by Gasteiger charge is 2.23. The highest BCUT2D eigenvalue weighted by Crippen LogP contribution is 2.08. The number of hydrogen-bond donors (Lipinski definition) is 2. The largest absolute Gasteiger partial charge is 0.395 e. The zero-order valence-corrected chi connectivity index (χ0v) is 10.1. The minimum Gasteiger partial charge on any atom is -0.395 e. The summed E-state index contributed by atoms with van der Waals surface area (Å²) >= 11 is 0. The van der Waals surface area contributed by atoms with Gasteiger partial charge in [0.2, 0.25) is 5.91 Å². The fourth-order valence-electron chi connectivity index (χ4n) is 1.43. The molecule has 0 radical (unpaired) electrons. The topological polar surface area (TPSA) is 66.6 Å². The number of aliphatic hydroxyl groups excluding tert-OH is 1. The van der Waals surface area contributed by atoms with Gasteiger partial charge >= 0.3 is 0 Å². The molecule has 0 bridgehead atoms. The minimum atomic E-state index is -0.437. The average molecular weight is 216 g/mol. The van der Waals surface area contributed by atoms with Crippen LogP contribution in [0.4, 0.5) is 0 Å². The van der Waals surface area contributed by atoms with Gasteiger partial charge in [0.15, 0.2) is 0 Å². The molecule has 2 atom stereocenters. The molecule has 0 aromatic heterocycles. The minimum absolute atomic E-state index is 0.00103. The van der Waals surface area contributed by atoms with Crippen LogP contribution in [0.5, 0.6) is 0 Å². The van der Waals surface area contributed by atoms with Gasteiger partial charge in [-0.2, -0.15) is 0 Å². The molecule has 3 N–H and O–H groups in total. The molecule has 1 amide bonds. The van der Waals surface area contributed by atoms with Crippen molar-refractivity contribution in [2.45, 2.75) is 39.7 Å². The second-order valence-corrected chi connectivity index (χ2v) is 3.96. The number of rotatable bonds is 7. The normalized spacial score (nSPS) is 14.7. The molecule has 4 heteroatoms. The molecule has 0 spiro atoms. The van der Waals surface area contributed by atoms with Crippen LogP contribution in [0.15, 0.2) is 0 Å². The Hall–Kier alpha value is -0.610. The summed E-state index contributed by atoms with van der Waals surface area (Å²) in [6.07, 6.45) is 1.78. The molecule has 0 saturated carbocycles. The van der Waals surface area contributed by atoms with Gasteiger partial charge in [0.1, 0.15) is 0 Å². The van der Waals surface area contributed by atoms with Gasteiger partial charge in [-0.1, -0.05) is 27.2 Å². The van der Waals surface area contributed by atoms with Crippen molar-refractivity contribution in [1.82, 2.24) is 4.90 Å². The van der Waals surface area contributed by atoms with Crippen LogP contribution >= 0.6 is 0 Å². The quantitative estimate of drug-likeness (QED) is 0.654. The third-order valence-electron chi connectivity index (χ3n) is 2.72. The maximum Gasteiger partial charge on any atom is 0.239 e. The van der Waals surface area contributed by atoms with E-state index in [2.05, 4.69) is 0 Å². The molecule has 0 heterocycles. The summed E-state index contributed by atoms with van der Waals surface area (Å²) in [6, 6.07) is -0.437. The van der Waals surface area contributed by atoms with Crippen LogP contribution in [0.25, 0.3) is 0 Å². The molecule has 0 aromatic rings. The first kappa shape index (κ1) is 14.4. The van der Waals surface area contributed by atoms with Crippen LogP contribution in [0.2, 0.25) is 0 Å². The molecule has 4 nitrogen and oxygen atoms in total. The van der Waals surface area contributed by atoms with Crippen molar-refractivity contribution in [3.05, 3.63) is 0 Å². The van der Waals surface area contributed by atoms with Gasteiger partial charge in [-0.25, -0.2) is 0 Å². The lowest BCUT2D eigenvalue weighted by molar-refractivity contribution is -0.134. The number of nitrogens with two attached hydrogens (primary N) is 1. The van der Waals surface area contributed by atoms with E-state index in [1.54, 1.807) is 4.90 Å². The van der Waals surface area contributed by atoms with Gasteiger partial charge in [0.05, 0.1) is 12.6 Å². The van der Waals surface area contributed by atoms with Crippen molar-refractivity contribution in [3.8, 4) is 0 Å². The van der Waals surface area contributed by atoms with E-state index in [0.29, 0.717) is 13.1 Å². The van der Waals surface area contributed by atoms with Gasteiger partial charge in [0.25, 0.3) is 0 Å². The lowest BCUT2D eigenvalue weighted by Crippen LogP contribution is -2.48. The standard InChI is InChI=1S/C11H24N2O2/c1-4-6-13(7-8-14)11(15)10(12)9(3)5-2/h9-10,14H,4-8,12H2,1-3H3/t9-,10-/m0/s1. The molecule has 90 valence electrons. The summed E-state index contributed by atoms with van der Waals surface area (Å²) < 4.78 is 0. The van der Waals surface area contributed by atoms with E-state index in [1.807, 2.05) is 20.8 Å². The van der Waals surface area contributed by atoms with E-state index in [9.17, 15) is 4.79 Å². The Balaban J connectivity index is 4.33. The number of nitrogens with zero attached hydrogens (tertiary/aromatic N) is 1. The van der Waals surface area contributed by atoms with Crippen molar-refractivity contribution in [3.63, 3.8) is 0 Å². The van der Waals surface area contributed by atoms with E-state index < -0.39 is 6.04 Å². The SMILES string of the molecule is CCCN(CCO)C(=O)[C@@H](N)[C@@H](C)CC. The maximum absolute atomic E-state index is 11.9. The van der Waals surface area contributed by atoms with Crippen LogP contribution in [-0.2, 0) is 4.79 Å². The molecular weight excluding hydrogens is 192 g/mol. The predicted molar refractivity (Wildman–Crippen MR) is 61.4 cm³/mol. The Labute approximate surface area is 92.4 Å². The number of carbonyl (C=O) groups is 1. The third-order valence-corrected chi connectivity index (χ3v) is 2.72. The Morgan fingerprint density at radius 1 is 1.40 bits per heavy atom. The number of aliphatic hydroxyl groups is 1. The monoisotopic (exact) mass is 216 g/mol. The van der Waals surface area contributed by atoms with Gasteiger partial charge < -0.3 is 15.7 Å². The fraction of sp³-hybridized carbons (Fsp3) is 0.909. The molecule has 0 unspecified atom stereocenters. The Kier molecular flexibility index (Phi) is 7.34. The number of amides is 1. The molecular formula is C11H24N2O2. The molecule has 0 aliphatic heterocycles. The molecule has 0 aliphatic rings. The lowest BCUT2D eigenvalue weighted by Gasteiger charge is -2.27. The summed E-state index contributed by atoms with van der Waals surface area (Å²) in [5, 5.41) is 8.86. The maximum atomic E-state index is 11.9. The Bertz CT molecular complexity index is 179. The Morgan fingerprint density at radius 3 is 2.40 bits per heavy atom. The lowest BCUT2D eigenvalue weighted by atomic mass is 9.99. The number of carbonyl (C=O) groups excluding carboxylic acids is 1. The van der Waals surface area contributed by atoms with Crippen molar-refractivity contribution < 1.29 is 9.90 Å². The van der Waals surface area contributed by atoms with Crippen molar-refractivity contribution in [2.24, 2.45) is 11.7 Å². The summed E-state index contributed by atoms with van der Waals surface area (Å²) in [5.41, 5.74) is 5.86. The van der Waals surface area contributed by atoms with E-state index in [0.717, 1.165) is 12.8 Å². The fourth-order valence-corrected chi connectivity index (χ4v) is 1.43. The molecule has 0 fully saturated rings. The molecule has 0 aromatic carbocycles. The van der Waals surface area contributed by atoms with Crippen molar-refractivity contribution >= 4 is 5.91 Å². The molecule has 0 rings (SSSR count). The summed E-state index contributed by atoms with van der Waals surface area (Å²) in [6.45, 7) is 7.06. The summed E-state index contributed by atoms with van der Waals surface area (Å²) in [4.78, 5) is 13.6. The van der Waals surface area contributed by atoms with Crippen LogP contribution in [0.1, 0.15) is 33.6 Å². The molecule has 15 heavy (non-hydrogen) atoms. The first-order valence-corrected chi connectivity index (χ1v) is 5.73. The zero-order valence-electron chi connectivity index (χ0n) is 10.1. The first-order chi connectivity index (χ1) is 7.08. The molecule has 0 aliphatic carbocycles. The second kappa shape index (κ2) is 7.65. The third kappa shape index (κ3) is 4.62. The van der Waals surface area contributed by atoms with Crippen molar-refractivity contribution in [1.29, 1.82) is 0 Å². The van der Waals surface area contributed by atoms with E-state index >= 15 is 0 Å². The van der Waals surface area contributed by atoms with E-state index in [4.69, 9.17) is 10.8 Å². The average Bonchev–Trinajstić information content (AvgIpc) is 2.25. The Morgan fingerprint density at radius 2 is 2.00 bits per heavy atom. The van der Waals surface area contributed by atoms with Gasteiger partial charge in [0, 0.05) is 13.1 Å². The van der Waals surface area contributed by atoms with Crippen LogP contribution in [0, 0.1) is 5.92 Å². The smallest absolute Gasteiger partial charge is 0.239 e. The van der Waals surface area contributed by atoms with Gasteiger partial charge in [-0.15, -0.1) is 0 Å². The van der Waals surface area contributed by atoms with Crippen LogP contribution in [-0.4, -0.2) is 41.7 Å². The predicted octanol–water partition coefficient (Wildman–Crippen LogP) is 0.591. The summed E-state index contributed by atoms with van der Waals surface area (Å²) in [7, 11) is 0. The van der Waals surface area contributed by atoms with Gasteiger partial charge in [-0.05, 0) is 12.3 Å². The van der Waals surface area contributed by atoms with Gasteiger partial charge in [-0.3, -0.25) is 4.79 Å². The summed E-state index contributed by atoms with van der Waals surface area (Å²) in [5.74, 6) is 0.149. The first-order valence-electron chi connectivity index (χ1n) is 5.73. The molecule has 0 saturated heterocycles. The number of hydrogen-bond acceptors (Lipinski definition) is 3. The highest BCUT2D eigenvalue weighted by atomic mass is 16.3. The zero-order chi connectivity index (χ0) is 11.8. The second-order valence-electron chi connectivity index (χ2n) is 3.96. The van der Waals surface area contributed by atoms with Crippen molar-refractivity contribution in [2.75, 3.05) is 19.7 Å². The van der Waals surface area contributed by atoms with E-state index in [-0.39, 0.29) is 18.4 Å². The van der Waals surface area contributed by atoms with Crippen LogP contribution < -0.4 is 5.73 Å². The van der Waals surface area contributed by atoms with Crippen LogP contribution in [0.3, 0.4) is 0 Å². The highest BCUT2D eigenvalue weighted by molar-refractivity contribution is 5.81. The van der Waals surface area contributed by atoms with E-state index in [1.165, 1.54) is 0 Å².